The van der Waals surface area contributed by atoms with E-state index in [2.05, 4.69) is 10.2 Å². The Kier molecular flexibility index (Phi) is 10.9. The summed E-state index contributed by atoms with van der Waals surface area (Å²) in [6, 6.07) is 10.1. The number of phenolic OH excluding ortho intramolecular Hbond substituents is 1. The lowest BCUT2D eigenvalue weighted by Gasteiger charge is -2.62. The van der Waals surface area contributed by atoms with E-state index in [0.29, 0.717) is 49.9 Å². The molecule has 2 aromatic carbocycles. The number of piperidine rings is 3. The lowest BCUT2D eigenvalue weighted by Crippen LogP contribution is -2.80. The first-order chi connectivity index (χ1) is 24.0. The number of carboxylic acids is 1. The van der Waals surface area contributed by atoms with Gasteiger partial charge in [-0.3, -0.25) is 19.1 Å². The number of amides is 3. The van der Waals surface area contributed by atoms with Crippen LogP contribution in [0.25, 0.3) is 0 Å². The number of benzene rings is 2. The van der Waals surface area contributed by atoms with Crippen LogP contribution < -0.4 is 10.4 Å². The van der Waals surface area contributed by atoms with Crippen molar-refractivity contribution in [3.8, 4) is 5.75 Å². The number of nitrogens with one attached hydrogen (secondary N) is 1. The second kappa shape index (κ2) is 15.1. The molecular weight excluding hydrogens is 685 g/mol. The highest BCUT2D eigenvalue weighted by molar-refractivity contribution is 6.37. The molecule has 0 spiro atoms. The first-order valence-electron chi connectivity index (χ1n) is 17.5. The van der Waals surface area contributed by atoms with Crippen LogP contribution in [-0.4, -0.2) is 111 Å². The Labute approximate surface area is 302 Å². The van der Waals surface area contributed by atoms with Crippen molar-refractivity contribution in [3.63, 3.8) is 0 Å². The number of quaternary nitrogens is 1. The van der Waals surface area contributed by atoms with Gasteiger partial charge < -0.3 is 35.1 Å². The molecule has 4 aliphatic heterocycles. The van der Waals surface area contributed by atoms with E-state index in [1.165, 1.54) is 12.1 Å². The Bertz CT molecular complexity index is 1590. The number of para-hydroxylation sites is 1. The van der Waals surface area contributed by atoms with Gasteiger partial charge in [-0.25, -0.2) is 4.79 Å². The minimum atomic E-state index is -1.33. The van der Waals surface area contributed by atoms with E-state index >= 15 is 0 Å². The second-order valence-electron chi connectivity index (χ2n) is 14.4. The summed E-state index contributed by atoms with van der Waals surface area (Å²) >= 11 is 12.6. The van der Waals surface area contributed by atoms with Gasteiger partial charge in [-0.15, -0.1) is 0 Å². The monoisotopic (exact) mass is 729 g/mol. The Morgan fingerprint density at radius 1 is 1.00 bits per heavy atom. The Balaban J connectivity index is 1.32. The van der Waals surface area contributed by atoms with E-state index in [4.69, 9.17) is 23.2 Å². The largest absolute Gasteiger partial charge is 0.505 e. The fourth-order valence-corrected chi connectivity index (χ4v) is 9.82. The predicted molar refractivity (Wildman–Crippen MR) is 186 cm³/mol. The number of urea groups is 1. The van der Waals surface area contributed by atoms with E-state index in [-0.39, 0.29) is 60.3 Å². The number of likely N-dealkylation sites (tertiary alicyclic amines) is 3. The van der Waals surface area contributed by atoms with Crippen molar-refractivity contribution < 1.29 is 39.0 Å². The van der Waals surface area contributed by atoms with Crippen molar-refractivity contribution in [2.24, 2.45) is 11.8 Å². The van der Waals surface area contributed by atoms with E-state index in [1.54, 1.807) is 4.90 Å². The van der Waals surface area contributed by atoms with Gasteiger partial charge in [0, 0.05) is 49.8 Å². The molecule has 3 atom stereocenters. The summed E-state index contributed by atoms with van der Waals surface area (Å²) in [6.07, 6.45) is 4.03. The van der Waals surface area contributed by atoms with Gasteiger partial charge in [0.1, 0.15) is 12.8 Å². The van der Waals surface area contributed by atoms with Crippen LogP contribution in [0.4, 0.5) is 15.3 Å². The number of aromatic hydroxyl groups is 1. The standard InChI is InChI=1S/C36H45Cl2N5O7/c37-29-19-24(20-30(38)33(29)47)23-43(35(49)50)17-10-28(42-16-9-27-3-1-2-4-31(27)39-34(42)48)21-36(43,11-18-44)41-14-7-26(8-15-41)25-5-12-40(13-6-25)22-32(45)46/h1-4,18-20,25-26,28H,5-17,21-23H2,(H3-,39,45,46,47,48,49,50)/t28?,36?,43-/m0/s1. The van der Waals surface area contributed by atoms with E-state index in [1.807, 2.05) is 29.2 Å². The van der Waals surface area contributed by atoms with Gasteiger partial charge in [0.25, 0.3) is 6.09 Å². The highest BCUT2D eigenvalue weighted by Gasteiger charge is 2.61. The van der Waals surface area contributed by atoms with Crippen LogP contribution in [0.15, 0.2) is 36.4 Å². The molecule has 2 aromatic rings. The fraction of sp³-hybridized carbons (Fsp3) is 0.556. The molecule has 3 saturated heterocycles. The number of halogens is 2. The third-order valence-corrected chi connectivity index (χ3v) is 12.4. The molecule has 4 aliphatic rings. The van der Waals surface area contributed by atoms with Crippen LogP contribution in [0.1, 0.15) is 56.1 Å². The molecule has 12 nitrogen and oxygen atoms in total. The minimum absolute atomic E-state index is 0.00380. The zero-order valence-electron chi connectivity index (χ0n) is 28.1. The minimum Gasteiger partial charge on any atom is -0.505 e. The molecule has 3 amide bonds. The number of nitrogens with zero attached hydrogens (tertiary/aromatic N) is 4. The zero-order valence-corrected chi connectivity index (χ0v) is 29.6. The highest BCUT2D eigenvalue weighted by atomic mass is 35.5. The van der Waals surface area contributed by atoms with Gasteiger partial charge in [-0.1, -0.05) is 41.4 Å². The number of hydrogen-bond acceptors (Lipinski definition) is 8. The van der Waals surface area contributed by atoms with E-state index < -0.39 is 22.2 Å². The number of carboxylic acid groups (broad SMARTS) is 2. The zero-order chi connectivity index (χ0) is 35.6. The van der Waals surface area contributed by atoms with Crippen molar-refractivity contribution >= 4 is 53.3 Å². The molecule has 3 fully saturated rings. The quantitative estimate of drug-likeness (QED) is 0.252. The number of fused-ring (bicyclic) bond motifs is 1. The SMILES string of the molecule is O=CCC1(N2CCC(C3CCN(CC(=O)O)CC3)CC2)CC(N2CCc3ccccc3NC2=O)CC[N@+]1(Cc1cc(Cl)c(O)c(Cl)c1)C(=O)[O-]. The lowest BCUT2D eigenvalue weighted by atomic mass is 9.76. The fourth-order valence-electron chi connectivity index (χ4n) is 9.29. The molecule has 0 radical (unpaired) electrons. The summed E-state index contributed by atoms with van der Waals surface area (Å²) < 4.78 is -0.576. The molecule has 3 N–H and O–H groups in total. The maximum absolute atomic E-state index is 13.7. The smallest absolute Gasteiger partial charge is 0.322 e. The number of anilines is 1. The van der Waals surface area contributed by atoms with Crippen molar-refractivity contribution in [2.75, 3.05) is 51.1 Å². The van der Waals surface area contributed by atoms with Crippen LogP contribution in [0.2, 0.25) is 10.0 Å². The van der Waals surface area contributed by atoms with Gasteiger partial charge in [0.05, 0.1) is 29.6 Å². The number of rotatable bonds is 9. The maximum Gasteiger partial charge on any atom is 0.322 e. The maximum atomic E-state index is 13.7. The summed E-state index contributed by atoms with van der Waals surface area (Å²) in [5.41, 5.74) is 1.01. The number of phenols is 1. The average molecular weight is 731 g/mol. The second-order valence-corrected chi connectivity index (χ2v) is 15.2. The summed E-state index contributed by atoms with van der Waals surface area (Å²) in [4.78, 5) is 57.3. The molecule has 0 aromatic heterocycles. The van der Waals surface area contributed by atoms with Crippen LogP contribution >= 0.6 is 23.2 Å². The third kappa shape index (κ3) is 7.05. The van der Waals surface area contributed by atoms with Crippen LogP contribution in [-0.2, 0) is 22.6 Å². The predicted octanol–water partition coefficient (Wildman–Crippen LogP) is 4.41. The molecule has 0 aliphatic carbocycles. The molecule has 4 heterocycles. The number of hydrogen-bond donors (Lipinski definition) is 3. The molecule has 0 bridgehead atoms. The van der Waals surface area contributed by atoms with Crippen molar-refractivity contribution in [1.82, 2.24) is 14.7 Å². The van der Waals surface area contributed by atoms with Gasteiger partial charge in [0.2, 0.25) is 0 Å². The molecule has 14 heteroatoms. The number of carbonyl (C=O) groups is 4. The van der Waals surface area contributed by atoms with Crippen molar-refractivity contribution in [2.45, 2.75) is 69.6 Å². The summed E-state index contributed by atoms with van der Waals surface area (Å²) in [5.74, 6) is -0.289. The first-order valence-corrected chi connectivity index (χ1v) is 18.3. The van der Waals surface area contributed by atoms with E-state index in [0.717, 1.165) is 56.3 Å². The van der Waals surface area contributed by atoms with Crippen LogP contribution in [0.5, 0.6) is 5.75 Å². The number of aliphatic carboxylic acids is 1. The average Bonchev–Trinajstić information content (AvgIpc) is 3.26. The third-order valence-electron chi connectivity index (χ3n) is 11.9. The van der Waals surface area contributed by atoms with Gasteiger partial charge in [0.15, 0.2) is 11.4 Å². The Morgan fingerprint density at radius 3 is 2.26 bits per heavy atom. The number of carbonyl (C=O) groups excluding carboxylic acids is 3. The molecule has 2 unspecified atom stereocenters. The molecule has 50 heavy (non-hydrogen) atoms. The molecule has 6 rings (SSSR count). The molecule has 0 saturated carbocycles. The van der Waals surface area contributed by atoms with Gasteiger partial charge in [-0.2, -0.15) is 0 Å². The van der Waals surface area contributed by atoms with Crippen LogP contribution in [0, 0.1) is 11.8 Å². The molecular formula is C36H45Cl2N5O7. The summed E-state index contributed by atoms with van der Waals surface area (Å²) in [6.45, 7) is 3.09. The van der Waals surface area contributed by atoms with Crippen LogP contribution in [0.3, 0.4) is 0 Å². The Morgan fingerprint density at radius 2 is 1.64 bits per heavy atom. The van der Waals surface area contributed by atoms with Crippen molar-refractivity contribution in [1.29, 1.82) is 0 Å². The van der Waals surface area contributed by atoms with Gasteiger partial charge in [-0.05, 0) is 80.8 Å². The van der Waals surface area contributed by atoms with E-state index in [9.17, 15) is 34.5 Å². The first kappa shape index (κ1) is 36.4. The number of aldehydes is 1. The molecule has 270 valence electrons. The van der Waals surface area contributed by atoms with Gasteiger partial charge >= 0.3 is 12.0 Å². The normalized spacial score (nSPS) is 27.3. The summed E-state index contributed by atoms with van der Waals surface area (Å²) in [5, 5.41) is 36.2. The van der Waals surface area contributed by atoms with Crippen molar-refractivity contribution in [3.05, 3.63) is 57.6 Å². The Hall–Kier alpha value is -3.42. The highest BCUT2D eigenvalue weighted by Crippen LogP contribution is 2.47. The topological polar surface area (TPSA) is 154 Å². The summed E-state index contributed by atoms with van der Waals surface area (Å²) in [7, 11) is 0. The lowest BCUT2D eigenvalue weighted by molar-refractivity contribution is -0.956.